The second-order valence-electron chi connectivity index (χ2n) is 6.54. The van der Waals surface area contributed by atoms with Crippen LogP contribution in [0.4, 0.5) is 0 Å². The molecule has 1 amide bonds. The normalized spacial score (nSPS) is 14.5. The molecule has 0 saturated heterocycles. The highest BCUT2D eigenvalue weighted by Gasteiger charge is 2.23. The van der Waals surface area contributed by atoms with Gasteiger partial charge in [0.05, 0.1) is 17.9 Å². The lowest BCUT2D eigenvalue weighted by Gasteiger charge is -2.21. The van der Waals surface area contributed by atoms with Gasteiger partial charge in [-0.15, -0.1) is 0 Å². The molecule has 3 rings (SSSR count). The van der Waals surface area contributed by atoms with E-state index in [2.05, 4.69) is 5.32 Å². The van der Waals surface area contributed by atoms with Gasteiger partial charge in [0.1, 0.15) is 11.3 Å². The van der Waals surface area contributed by atoms with Crippen LogP contribution < -0.4 is 20.8 Å². The van der Waals surface area contributed by atoms with Crippen molar-refractivity contribution in [1.82, 2.24) is 5.32 Å². The van der Waals surface area contributed by atoms with E-state index in [1.165, 1.54) is 6.92 Å². The second-order valence-corrected chi connectivity index (χ2v) is 6.54. The molecule has 0 spiro atoms. The first kappa shape index (κ1) is 18.0. The van der Waals surface area contributed by atoms with Gasteiger partial charge in [0.15, 0.2) is 6.10 Å². The summed E-state index contributed by atoms with van der Waals surface area (Å²) in [4.78, 5) is 34.7. The molecule has 138 valence electrons. The molecular formula is C19H20NO6-. The van der Waals surface area contributed by atoms with Crippen molar-refractivity contribution in [2.24, 2.45) is 0 Å². The fraction of sp³-hybridized carbons (Fsp3) is 0.421. The van der Waals surface area contributed by atoms with Gasteiger partial charge in [-0.2, -0.15) is 0 Å². The van der Waals surface area contributed by atoms with Gasteiger partial charge in [-0.3, -0.25) is 4.79 Å². The van der Waals surface area contributed by atoms with Gasteiger partial charge < -0.3 is 24.4 Å². The maximum absolute atomic E-state index is 12.2. The van der Waals surface area contributed by atoms with E-state index >= 15 is 0 Å². The molecule has 7 heteroatoms. The number of carbonyl (C=O) groups is 2. The highest BCUT2D eigenvalue weighted by Crippen LogP contribution is 2.35. The average molecular weight is 358 g/mol. The van der Waals surface area contributed by atoms with Crippen molar-refractivity contribution in [3.8, 4) is 5.75 Å². The van der Waals surface area contributed by atoms with Gasteiger partial charge in [-0.1, -0.05) is 0 Å². The molecule has 0 fully saturated rings. The minimum absolute atomic E-state index is 0.316. The zero-order chi connectivity index (χ0) is 18.8. The number of nitrogens with one attached hydrogen (secondary N) is 1. The first-order chi connectivity index (χ1) is 12.4. The summed E-state index contributed by atoms with van der Waals surface area (Å²) in [5.74, 6) is -1.48. The van der Waals surface area contributed by atoms with E-state index < -0.39 is 24.5 Å². The number of hydrogen-bond donors (Lipinski definition) is 1. The van der Waals surface area contributed by atoms with Crippen LogP contribution >= 0.6 is 0 Å². The molecule has 1 aromatic heterocycles. The van der Waals surface area contributed by atoms with Crippen LogP contribution in [0.5, 0.6) is 5.75 Å². The summed E-state index contributed by atoms with van der Waals surface area (Å²) in [6, 6.07) is 3.57. The Morgan fingerprint density at radius 3 is 2.65 bits per heavy atom. The molecule has 0 unspecified atom stereocenters. The smallest absolute Gasteiger partial charge is 0.339 e. The van der Waals surface area contributed by atoms with Crippen molar-refractivity contribution in [2.75, 3.05) is 6.54 Å². The van der Waals surface area contributed by atoms with E-state index in [-0.39, 0.29) is 5.63 Å². The first-order valence-electron chi connectivity index (χ1n) is 8.60. The third kappa shape index (κ3) is 3.56. The Balaban J connectivity index is 2.01. The number of fused-ring (bicyclic) bond motifs is 3. The standard InChI is InChI=1S/C19H21NO6/c1-10-7-14(25-11(2)18(23)20-9-16(21)22)17-12-5-3-4-6-13(12)19(24)26-15(17)8-10/h7-8,11H,3-6,9H2,1-2H3,(H,20,23)(H,21,22)/p-1/t11-/m0/s1. The van der Waals surface area contributed by atoms with Gasteiger partial charge in [-0.25, -0.2) is 4.79 Å². The quantitative estimate of drug-likeness (QED) is 0.785. The first-order valence-corrected chi connectivity index (χ1v) is 8.60. The number of ether oxygens (including phenoxy) is 1. The van der Waals surface area contributed by atoms with Crippen molar-refractivity contribution < 1.29 is 23.8 Å². The van der Waals surface area contributed by atoms with E-state index in [4.69, 9.17) is 9.15 Å². The predicted molar refractivity (Wildman–Crippen MR) is 92.0 cm³/mol. The Morgan fingerprint density at radius 1 is 1.27 bits per heavy atom. The van der Waals surface area contributed by atoms with Gasteiger partial charge in [-0.05, 0) is 62.8 Å². The number of carboxylic acids is 1. The van der Waals surface area contributed by atoms with E-state index in [1.807, 2.05) is 6.92 Å². The summed E-state index contributed by atoms with van der Waals surface area (Å²) in [5.41, 5.74) is 2.54. The van der Waals surface area contributed by atoms with Crippen LogP contribution in [-0.2, 0) is 22.4 Å². The van der Waals surface area contributed by atoms with Gasteiger partial charge in [0.25, 0.3) is 5.91 Å². The SMILES string of the molecule is Cc1cc(O[C@@H](C)C(=O)NCC(=O)[O-])c2c3c(c(=O)oc2c1)CCCC3. The topological polar surface area (TPSA) is 109 Å². The van der Waals surface area contributed by atoms with Crippen molar-refractivity contribution in [2.45, 2.75) is 45.6 Å². The fourth-order valence-electron chi connectivity index (χ4n) is 3.31. The average Bonchev–Trinajstić information content (AvgIpc) is 2.59. The monoisotopic (exact) mass is 358 g/mol. The predicted octanol–water partition coefficient (Wildman–Crippen LogP) is 0.614. The van der Waals surface area contributed by atoms with Crippen LogP contribution in [0.1, 0.15) is 36.5 Å². The summed E-state index contributed by atoms with van der Waals surface area (Å²) in [6.45, 7) is 2.79. The minimum Gasteiger partial charge on any atom is -0.548 e. The molecule has 2 aromatic rings. The molecule has 0 aliphatic heterocycles. The van der Waals surface area contributed by atoms with E-state index in [0.29, 0.717) is 28.7 Å². The molecule has 1 atom stereocenters. The molecule has 1 N–H and O–H groups in total. The van der Waals surface area contributed by atoms with Crippen molar-refractivity contribution in [3.63, 3.8) is 0 Å². The van der Waals surface area contributed by atoms with Crippen LogP contribution in [0, 0.1) is 6.92 Å². The summed E-state index contributed by atoms with van der Waals surface area (Å²) in [7, 11) is 0. The number of aliphatic carboxylic acids is 1. The largest absolute Gasteiger partial charge is 0.548 e. The van der Waals surface area contributed by atoms with Crippen LogP contribution in [0.25, 0.3) is 11.0 Å². The molecule has 0 saturated carbocycles. The Morgan fingerprint density at radius 2 is 1.96 bits per heavy atom. The number of hydrogen-bond acceptors (Lipinski definition) is 6. The van der Waals surface area contributed by atoms with Crippen LogP contribution in [-0.4, -0.2) is 24.5 Å². The van der Waals surface area contributed by atoms with E-state index in [9.17, 15) is 19.5 Å². The van der Waals surface area contributed by atoms with Crippen LogP contribution in [0.15, 0.2) is 21.3 Å². The molecule has 1 heterocycles. The van der Waals surface area contributed by atoms with Crippen LogP contribution in [0.3, 0.4) is 0 Å². The number of amides is 1. The lowest BCUT2D eigenvalue weighted by Crippen LogP contribution is -2.43. The summed E-state index contributed by atoms with van der Waals surface area (Å²) < 4.78 is 11.3. The maximum atomic E-state index is 12.2. The maximum Gasteiger partial charge on any atom is 0.339 e. The minimum atomic E-state index is -1.37. The molecule has 0 radical (unpaired) electrons. The number of carboxylic acid groups (broad SMARTS) is 1. The Labute approximate surface area is 150 Å². The van der Waals surface area contributed by atoms with Gasteiger partial charge >= 0.3 is 5.63 Å². The Bertz CT molecular complexity index is 930. The number of carbonyl (C=O) groups excluding carboxylic acids is 2. The highest BCUT2D eigenvalue weighted by atomic mass is 16.5. The molecule has 7 nitrogen and oxygen atoms in total. The van der Waals surface area contributed by atoms with E-state index in [1.54, 1.807) is 12.1 Å². The molecule has 26 heavy (non-hydrogen) atoms. The zero-order valence-corrected chi connectivity index (χ0v) is 14.7. The van der Waals surface area contributed by atoms with Crippen molar-refractivity contribution in [1.29, 1.82) is 0 Å². The molecule has 1 aliphatic rings. The number of rotatable bonds is 5. The third-order valence-corrected chi connectivity index (χ3v) is 4.51. The lowest BCUT2D eigenvalue weighted by atomic mass is 9.90. The fourth-order valence-corrected chi connectivity index (χ4v) is 3.31. The second kappa shape index (κ2) is 7.19. The van der Waals surface area contributed by atoms with Crippen molar-refractivity contribution >= 4 is 22.8 Å². The van der Waals surface area contributed by atoms with Crippen molar-refractivity contribution in [3.05, 3.63) is 39.2 Å². The molecular weight excluding hydrogens is 338 g/mol. The summed E-state index contributed by atoms with van der Waals surface area (Å²) in [6.07, 6.45) is 2.42. The van der Waals surface area contributed by atoms with Gasteiger partial charge in [0.2, 0.25) is 0 Å². The third-order valence-electron chi connectivity index (χ3n) is 4.51. The number of aryl methyl sites for hydroxylation is 2. The van der Waals surface area contributed by atoms with E-state index in [0.717, 1.165) is 30.4 Å². The Kier molecular flexibility index (Phi) is 4.97. The summed E-state index contributed by atoms with van der Waals surface area (Å²) >= 11 is 0. The van der Waals surface area contributed by atoms with Gasteiger partial charge in [0, 0.05) is 5.56 Å². The Hall–Kier alpha value is -2.83. The number of benzene rings is 1. The highest BCUT2D eigenvalue weighted by molar-refractivity contribution is 5.90. The lowest BCUT2D eigenvalue weighted by molar-refractivity contribution is -0.304. The summed E-state index contributed by atoms with van der Waals surface area (Å²) in [5, 5.41) is 13.4. The molecule has 0 bridgehead atoms. The molecule has 1 aromatic carbocycles. The zero-order valence-electron chi connectivity index (χ0n) is 14.7. The molecule has 1 aliphatic carbocycles. The van der Waals surface area contributed by atoms with Crippen LogP contribution in [0.2, 0.25) is 0 Å².